The van der Waals surface area contributed by atoms with Crippen LogP contribution in [-0.4, -0.2) is 17.5 Å². The molecule has 0 unspecified atom stereocenters. The fourth-order valence-corrected chi connectivity index (χ4v) is 6.52. The molecule has 0 aliphatic heterocycles. The van der Waals surface area contributed by atoms with E-state index in [1.807, 2.05) is 0 Å². The molecule has 0 radical (unpaired) electrons. The Labute approximate surface area is 135 Å². The van der Waals surface area contributed by atoms with E-state index in [-0.39, 0.29) is 22.9 Å². The Morgan fingerprint density at radius 3 is 2.59 bits per heavy atom. The lowest BCUT2D eigenvalue weighted by Gasteiger charge is -2.61. The Hall–Kier alpha value is -0.630. The topological polar surface area (TPSA) is 37.3 Å². The van der Waals surface area contributed by atoms with Crippen LogP contribution in [0.5, 0.6) is 0 Å². The molecule has 3 rings (SSSR count). The first-order valence-electron chi connectivity index (χ1n) is 9.02. The minimum atomic E-state index is -0.200. The van der Waals surface area contributed by atoms with Crippen LogP contribution in [0.2, 0.25) is 0 Å². The molecule has 3 saturated carbocycles. The van der Waals surface area contributed by atoms with Gasteiger partial charge in [-0.05, 0) is 60.7 Å². The Kier molecular flexibility index (Phi) is 3.83. The summed E-state index contributed by atoms with van der Waals surface area (Å²) < 4.78 is 0. The third kappa shape index (κ3) is 2.29. The average molecular weight is 304 g/mol. The van der Waals surface area contributed by atoms with Crippen molar-refractivity contribution in [3.63, 3.8) is 0 Å². The Morgan fingerprint density at radius 2 is 1.95 bits per heavy atom. The minimum Gasteiger partial charge on any atom is -0.396 e. The van der Waals surface area contributed by atoms with Crippen LogP contribution in [0.1, 0.15) is 65.7 Å². The Morgan fingerprint density at radius 1 is 1.23 bits per heavy atom. The molecule has 2 nitrogen and oxygen atoms in total. The second-order valence-corrected chi connectivity index (χ2v) is 9.31. The lowest BCUT2D eigenvalue weighted by atomic mass is 9.43. The second kappa shape index (κ2) is 5.19. The summed E-state index contributed by atoms with van der Waals surface area (Å²) in [6.45, 7) is 11.0. The summed E-state index contributed by atoms with van der Waals surface area (Å²) in [5, 5.41) is 9.97. The monoisotopic (exact) mass is 304 g/mol. The van der Waals surface area contributed by atoms with Gasteiger partial charge in [-0.15, -0.1) is 6.58 Å². The van der Waals surface area contributed by atoms with Crippen molar-refractivity contribution in [2.75, 3.05) is 6.61 Å². The van der Waals surface area contributed by atoms with Crippen molar-refractivity contribution in [1.82, 2.24) is 0 Å². The van der Waals surface area contributed by atoms with Gasteiger partial charge < -0.3 is 5.11 Å². The van der Waals surface area contributed by atoms with Crippen LogP contribution >= 0.6 is 0 Å². The molecule has 2 heteroatoms. The zero-order valence-corrected chi connectivity index (χ0v) is 14.5. The first-order valence-corrected chi connectivity index (χ1v) is 9.02. The number of Topliss-reactive ketones (excluding diaryl/α,β-unsaturated/α-hetero) is 1. The number of ketones is 1. The summed E-state index contributed by atoms with van der Waals surface area (Å²) in [7, 11) is 0. The van der Waals surface area contributed by atoms with Crippen molar-refractivity contribution in [2.45, 2.75) is 65.7 Å². The fraction of sp³-hybridized carbons (Fsp3) is 0.850. The predicted octanol–water partition coefficient (Wildman–Crippen LogP) is 4.37. The van der Waals surface area contributed by atoms with Gasteiger partial charge in [0.15, 0.2) is 0 Å². The molecule has 3 fully saturated rings. The first kappa shape index (κ1) is 16.2. The van der Waals surface area contributed by atoms with E-state index in [4.69, 9.17) is 0 Å². The Bertz CT molecular complexity index is 484. The number of fused-ring (bicyclic) bond motifs is 3. The summed E-state index contributed by atoms with van der Waals surface area (Å²) in [6.07, 6.45) is 9.55. The maximum Gasteiger partial charge on any atom is 0.134 e. The maximum atomic E-state index is 12.4. The molecule has 0 aromatic carbocycles. The summed E-state index contributed by atoms with van der Waals surface area (Å²) in [6, 6.07) is 0. The molecule has 3 aliphatic rings. The van der Waals surface area contributed by atoms with Gasteiger partial charge in [-0.1, -0.05) is 26.8 Å². The van der Waals surface area contributed by atoms with E-state index in [9.17, 15) is 9.90 Å². The number of hydrogen-bond acceptors (Lipinski definition) is 2. The molecular weight excluding hydrogens is 272 g/mol. The number of rotatable bonds is 2. The molecule has 22 heavy (non-hydrogen) atoms. The van der Waals surface area contributed by atoms with E-state index >= 15 is 0 Å². The number of aliphatic hydroxyl groups excluding tert-OH is 1. The average Bonchev–Trinajstić information content (AvgIpc) is 2.45. The van der Waals surface area contributed by atoms with Crippen molar-refractivity contribution in [1.29, 1.82) is 0 Å². The molecule has 6 atom stereocenters. The second-order valence-electron chi connectivity index (χ2n) is 9.31. The molecule has 1 N–H and O–H groups in total. The highest BCUT2D eigenvalue weighted by molar-refractivity contribution is 5.81. The van der Waals surface area contributed by atoms with E-state index in [1.54, 1.807) is 0 Å². The summed E-state index contributed by atoms with van der Waals surface area (Å²) in [5.41, 5.74) is 0.176. The fourth-order valence-electron chi connectivity index (χ4n) is 6.52. The Balaban J connectivity index is 1.92. The SMILES string of the molecule is C=C[C@]1(C)CC[C@H]2[C@@H](CC[C@@H]3[C@](C)(CO)CC(=O)C[C@@]32C)C1. The molecule has 0 bridgehead atoms. The van der Waals surface area contributed by atoms with Crippen LogP contribution in [0.15, 0.2) is 12.7 Å². The van der Waals surface area contributed by atoms with Crippen molar-refractivity contribution in [2.24, 2.45) is 34.0 Å². The molecule has 0 aromatic rings. The largest absolute Gasteiger partial charge is 0.396 e. The predicted molar refractivity (Wildman–Crippen MR) is 89.4 cm³/mol. The summed E-state index contributed by atoms with van der Waals surface area (Å²) in [5.74, 6) is 2.24. The molecule has 0 heterocycles. The van der Waals surface area contributed by atoms with Crippen molar-refractivity contribution in [3.8, 4) is 0 Å². The highest BCUT2D eigenvalue weighted by Crippen LogP contribution is 2.64. The maximum absolute atomic E-state index is 12.4. The zero-order valence-electron chi connectivity index (χ0n) is 14.5. The summed E-state index contributed by atoms with van der Waals surface area (Å²) in [4.78, 5) is 12.4. The quantitative estimate of drug-likeness (QED) is 0.769. The van der Waals surface area contributed by atoms with E-state index < -0.39 is 0 Å². The van der Waals surface area contributed by atoms with Gasteiger partial charge in [0.25, 0.3) is 0 Å². The van der Waals surface area contributed by atoms with Gasteiger partial charge in [0.2, 0.25) is 0 Å². The van der Waals surface area contributed by atoms with Gasteiger partial charge in [-0.3, -0.25) is 4.79 Å². The standard InChI is InChI=1S/C20H32O2/c1-5-18(2)9-8-16-14(10-18)6-7-17-19(3,13-21)11-15(22)12-20(16,17)4/h5,14,16-17,21H,1,6-13H2,2-4H3/t14-,16-,17+,18+,19-,20+/m0/s1. The van der Waals surface area contributed by atoms with Crippen molar-refractivity contribution in [3.05, 3.63) is 12.7 Å². The summed E-state index contributed by atoms with van der Waals surface area (Å²) >= 11 is 0. The smallest absolute Gasteiger partial charge is 0.134 e. The van der Waals surface area contributed by atoms with E-state index in [2.05, 4.69) is 33.4 Å². The van der Waals surface area contributed by atoms with Gasteiger partial charge in [-0.2, -0.15) is 0 Å². The molecule has 0 saturated heterocycles. The van der Waals surface area contributed by atoms with Gasteiger partial charge in [-0.25, -0.2) is 0 Å². The van der Waals surface area contributed by atoms with Gasteiger partial charge in [0.1, 0.15) is 5.78 Å². The number of carbonyl (C=O) groups is 1. The molecular formula is C20H32O2. The van der Waals surface area contributed by atoms with E-state index in [0.717, 1.165) is 12.3 Å². The molecule has 0 aromatic heterocycles. The molecule has 0 spiro atoms. The van der Waals surface area contributed by atoms with Crippen LogP contribution in [0.4, 0.5) is 0 Å². The van der Waals surface area contributed by atoms with Gasteiger partial charge in [0, 0.05) is 24.9 Å². The van der Waals surface area contributed by atoms with Crippen molar-refractivity contribution < 1.29 is 9.90 Å². The van der Waals surface area contributed by atoms with Crippen LogP contribution in [-0.2, 0) is 4.79 Å². The number of carbonyl (C=O) groups excluding carboxylic acids is 1. The number of aliphatic hydroxyl groups is 1. The minimum absolute atomic E-state index is 0.0955. The zero-order chi connectivity index (χ0) is 16.2. The van der Waals surface area contributed by atoms with Crippen molar-refractivity contribution >= 4 is 5.78 Å². The molecule has 124 valence electrons. The number of hydrogen-bond donors (Lipinski definition) is 1. The lowest BCUT2D eigenvalue weighted by Crippen LogP contribution is -2.57. The lowest BCUT2D eigenvalue weighted by molar-refractivity contribution is -0.159. The first-order chi connectivity index (χ1) is 10.3. The highest BCUT2D eigenvalue weighted by atomic mass is 16.3. The van der Waals surface area contributed by atoms with Crippen LogP contribution in [0, 0.1) is 34.0 Å². The van der Waals surface area contributed by atoms with Crippen LogP contribution in [0.25, 0.3) is 0 Å². The third-order valence-corrected chi connectivity index (χ3v) is 7.67. The van der Waals surface area contributed by atoms with Gasteiger partial charge in [0.05, 0.1) is 0 Å². The number of allylic oxidation sites excluding steroid dienone is 1. The van der Waals surface area contributed by atoms with Crippen LogP contribution < -0.4 is 0 Å². The molecule has 0 amide bonds. The third-order valence-electron chi connectivity index (χ3n) is 7.67. The van der Waals surface area contributed by atoms with Gasteiger partial charge >= 0.3 is 0 Å². The van der Waals surface area contributed by atoms with Crippen LogP contribution in [0.3, 0.4) is 0 Å². The van der Waals surface area contributed by atoms with E-state index in [1.165, 1.54) is 32.1 Å². The molecule has 3 aliphatic carbocycles. The van der Waals surface area contributed by atoms with E-state index in [0.29, 0.717) is 24.0 Å². The highest BCUT2D eigenvalue weighted by Gasteiger charge is 2.59. The normalized spacial score (nSPS) is 51.8.